The standard InChI is InChI=1S/C29H33N3O3/c1-21-8-9-24-23(19-21)22(20-30-24)5-4-13-31-14-16-32(17-15-31)25-6-2-3-7-26(25)34-29-11-10-27-28(35-29)12-18-33-27/h2-3,6-11,19-20,28,30H,4-5,12-18H2,1H3. The van der Waals surface area contributed by atoms with Gasteiger partial charge in [-0.15, -0.1) is 0 Å². The van der Waals surface area contributed by atoms with Crippen LogP contribution in [0.4, 0.5) is 5.69 Å². The number of benzene rings is 2. The summed E-state index contributed by atoms with van der Waals surface area (Å²) in [7, 11) is 0. The van der Waals surface area contributed by atoms with Crippen molar-refractivity contribution in [1.29, 1.82) is 0 Å². The fourth-order valence-electron chi connectivity index (χ4n) is 5.30. The van der Waals surface area contributed by atoms with Crippen molar-refractivity contribution >= 4 is 16.6 Å². The van der Waals surface area contributed by atoms with Crippen molar-refractivity contribution in [1.82, 2.24) is 9.88 Å². The first-order valence-corrected chi connectivity index (χ1v) is 12.7. The fraction of sp³-hybridized carbons (Fsp3) is 0.379. The first kappa shape index (κ1) is 22.1. The zero-order chi connectivity index (χ0) is 23.6. The van der Waals surface area contributed by atoms with Gasteiger partial charge >= 0.3 is 0 Å². The molecule has 0 radical (unpaired) electrons. The van der Waals surface area contributed by atoms with E-state index in [9.17, 15) is 0 Å². The maximum Gasteiger partial charge on any atom is 0.285 e. The van der Waals surface area contributed by atoms with Crippen LogP contribution in [0.15, 0.2) is 72.5 Å². The molecule has 1 aromatic heterocycles. The van der Waals surface area contributed by atoms with E-state index in [1.807, 2.05) is 24.3 Å². The van der Waals surface area contributed by atoms with Crippen LogP contribution in [0.2, 0.25) is 0 Å². The Kier molecular flexibility index (Phi) is 6.13. The van der Waals surface area contributed by atoms with Gasteiger partial charge in [0.1, 0.15) is 5.76 Å². The number of fused-ring (bicyclic) bond motifs is 2. The maximum absolute atomic E-state index is 6.20. The summed E-state index contributed by atoms with van der Waals surface area (Å²) >= 11 is 0. The third-order valence-electron chi connectivity index (χ3n) is 7.24. The summed E-state index contributed by atoms with van der Waals surface area (Å²) in [4.78, 5) is 8.43. The Morgan fingerprint density at radius 3 is 2.86 bits per heavy atom. The predicted octanol–water partition coefficient (Wildman–Crippen LogP) is 5.15. The highest BCUT2D eigenvalue weighted by atomic mass is 16.7. The molecule has 0 saturated carbocycles. The van der Waals surface area contributed by atoms with Crippen LogP contribution >= 0.6 is 0 Å². The highest BCUT2D eigenvalue weighted by molar-refractivity contribution is 5.83. The van der Waals surface area contributed by atoms with Crippen LogP contribution in [0.1, 0.15) is 24.0 Å². The number of nitrogens with one attached hydrogen (secondary N) is 1. The molecular weight excluding hydrogens is 438 g/mol. The number of para-hydroxylation sites is 2. The van der Waals surface area contributed by atoms with Crippen LogP contribution in [-0.2, 0) is 15.9 Å². The van der Waals surface area contributed by atoms with Gasteiger partial charge in [0.15, 0.2) is 11.9 Å². The van der Waals surface area contributed by atoms with E-state index in [2.05, 4.69) is 58.2 Å². The highest BCUT2D eigenvalue weighted by Gasteiger charge is 2.29. The lowest BCUT2D eigenvalue weighted by molar-refractivity contribution is 0.0551. The minimum Gasteiger partial charge on any atom is -0.494 e. The van der Waals surface area contributed by atoms with Gasteiger partial charge in [-0.25, -0.2) is 0 Å². The number of aryl methyl sites for hydroxylation is 2. The lowest BCUT2D eigenvalue weighted by Gasteiger charge is -2.36. The minimum atomic E-state index is -0.0148. The van der Waals surface area contributed by atoms with Crippen molar-refractivity contribution in [3.05, 3.63) is 83.6 Å². The molecule has 1 atom stereocenters. The third-order valence-corrected chi connectivity index (χ3v) is 7.24. The average molecular weight is 472 g/mol. The number of ether oxygens (including phenoxy) is 3. The summed E-state index contributed by atoms with van der Waals surface area (Å²) in [5.41, 5.74) is 5.11. The van der Waals surface area contributed by atoms with Crippen molar-refractivity contribution in [3.8, 4) is 5.75 Å². The summed E-state index contributed by atoms with van der Waals surface area (Å²) in [5.74, 6) is 2.29. The molecule has 2 fully saturated rings. The number of H-pyrrole nitrogens is 1. The molecule has 2 saturated heterocycles. The summed E-state index contributed by atoms with van der Waals surface area (Å²) in [5, 5.41) is 1.37. The zero-order valence-electron chi connectivity index (χ0n) is 20.3. The van der Waals surface area contributed by atoms with Gasteiger partial charge in [-0.3, -0.25) is 4.90 Å². The molecule has 2 aromatic carbocycles. The van der Waals surface area contributed by atoms with Gasteiger partial charge in [0.2, 0.25) is 0 Å². The predicted molar refractivity (Wildman–Crippen MR) is 139 cm³/mol. The molecule has 35 heavy (non-hydrogen) atoms. The second-order valence-corrected chi connectivity index (χ2v) is 9.66. The Bertz CT molecular complexity index is 1250. The molecule has 3 aromatic rings. The second kappa shape index (κ2) is 9.70. The molecular formula is C29H33N3O3. The maximum atomic E-state index is 6.20. The van der Waals surface area contributed by atoms with Crippen LogP contribution < -0.4 is 9.64 Å². The molecule has 6 heteroatoms. The Labute approximate surface area is 206 Å². The number of nitrogens with zero attached hydrogens (tertiary/aromatic N) is 2. The van der Waals surface area contributed by atoms with E-state index >= 15 is 0 Å². The fourth-order valence-corrected chi connectivity index (χ4v) is 5.30. The Hall–Kier alpha value is -3.38. The minimum absolute atomic E-state index is 0.0148. The van der Waals surface area contributed by atoms with Gasteiger partial charge in [0.25, 0.3) is 5.95 Å². The van der Waals surface area contributed by atoms with Crippen LogP contribution in [0.25, 0.3) is 10.9 Å². The molecule has 4 heterocycles. The van der Waals surface area contributed by atoms with Gasteiger partial charge in [-0.2, -0.15) is 0 Å². The second-order valence-electron chi connectivity index (χ2n) is 9.66. The van der Waals surface area contributed by atoms with E-state index in [4.69, 9.17) is 14.2 Å². The number of hydrogen-bond donors (Lipinski definition) is 1. The first-order valence-electron chi connectivity index (χ1n) is 12.7. The average Bonchev–Trinajstić information content (AvgIpc) is 3.51. The topological polar surface area (TPSA) is 50.0 Å². The van der Waals surface area contributed by atoms with Crippen molar-refractivity contribution in [2.24, 2.45) is 0 Å². The summed E-state index contributed by atoms with van der Waals surface area (Å²) in [6.07, 6.45) is 9.15. The largest absolute Gasteiger partial charge is 0.494 e. The highest BCUT2D eigenvalue weighted by Crippen LogP contribution is 2.33. The normalized spacial score (nSPS) is 20.1. The SMILES string of the molecule is Cc1ccc2[nH]cc(CCCN3CCN(c4ccccc4OC4=CC=C5OCCC5O4)CC3)c2c1. The van der Waals surface area contributed by atoms with Gasteiger partial charge in [0.05, 0.1) is 12.3 Å². The van der Waals surface area contributed by atoms with Crippen molar-refractivity contribution in [3.63, 3.8) is 0 Å². The van der Waals surface area contributed by atoms with E-state index < -0.39 is 0 Å². The van der Waals surface area contributed by atoms with Crippen molar-refractivity contribution < 1.29 is 14.2 Å². The van der Waals surface area contributed by atoms with Gasteiger partial charge < -0.3 is 24.1 Å². The van der Waals surface area contributed by atoms with Gasteiger partial charge in [0, 0.05) is 55.8 Å². The van der Waals surface area contributed by atoms with Gasteiger partial charge in [-0.05, 0) is 62.2 Å². The molecule has 6 rings (SSSR count). The number of allylic oxidation sites excluding steroid dienone is 2. The van der Waals surface area contributed by atoms with Crippen molar-refractivity contribution in [2.75, 3.05) is 44.2 Å². The molecule has 6 nitrogen and oxygen atoms in total. The van der Waals surface area contributed by atoms with E-state index in [0.29, 0.717) is 12.6 Å². The molecule has 182 valence electrons. The zero-order valence-corrected chi connectivity index (χ0v) is 20.3. The van der Waals surface area contributed by atoms with Gasteiger partial charge in [-0.1, -0.05) is 23.8 Å². The smallest absolute Gasteiger partial charge is 0.285 e. The van der Waals surface area contributed by atoms with Crippen LogP contribution in [0.3, 0.4) is 0 Å². The molecule has 0 spiro atoms. The summed E-state index contributed by atoms with van der Waals surface area (Å²) in [6, 6.07) is 14.9. The first-order chi connectivity index (χ1) is 17.2. The van der Waals surface area contributed by atoms with E-state index in [1.54, 1.807) is 0 Å². The Balaban J connectivity index is 1.03. The van der Waals surface area contributed by atoms with Crippen LogP contribution in [0.5, 0.6) is 5.75 Å². The van der Waals surface area contributed by atoms with E-state index in [0.717, 1.165) is 62.8 Å². The molecule has 0 bridgehead atoms. The molecule has 3 aliphatic heterocycles. The third kappa shape index (κ3) is 4.76. The van der Waals surface area contributed by atoms with Crippen molar-refractivity contribution in [2.45, 2.75) is 32.3 Å². The molecule has 1 unspecified atom stereocenters. The van der Waals surface area contributed by atoms with Crippen LogP contribution in [0, 0.1) is 6.92 Å². The molecule has 0 aliphatic carbocycles. The summed E-state index contributed by atoms with van der Waals surface area (Å²) in [6.45, 7) is 8.11. The molecule has 0 amide bonds. The van der Waals surface area contributed by atoms with Crippen LogP contribution in [-0.4, -0.2) is 55.3 Å². The number of aromatic nitrogens is 1. The summed E-state index contributed by atoms with van der Waals surface area (Å²) < 4.78 is 17.8. The quantitative estimate of drug-likeness (QED) is 0.516. The van der Waals surface area contributed by atoms with E-state index in [-0.39, 0.29) is 6.10 Å². The number of hydrogen-bond acceptors (Lipinski definition) is 5. The number of aromatic amines is 1. The lowest BCUT2D eigenvalue weighted by Crippen LogP contribution is -2.46. The number of piperazine rings is 1. The Morgan fingerprint density at radius 1 is 1.06 bits per heavy atom. The molecule has 1 N–H and O–H groups in total. The molecule has 3 aliphatic rings. The Morgan fingerprint density at radius 2 is 1.94 bits per heavy atom. The monoisotopic (exact) mass is 471 g/mol. The number of rotatable bonds is 7. The van der Waals surface area contributed by atoms with E-state index in [1.165, 1.54) is 28.5 Å². The lowest BCUT2D eigenvalue weighted by atomic mass is 10.1. The number of anilines is 1.